The lowest BCUT2D eigenvalue weighted by Crippen LogP contribution is -2.47. The maximum Gasteiger partial charge on any atom is 0.308 e. The monoisotopic (exact) mass is 766 g/mol. The lowest BCUT2D eigenvalue weighted by Gasteiger charge is -2.18. The van der Waals surface area contributed by atoms with Gasteiger partial charge in [0.2, 0.25) is 11.8 Å². The maximum absolute atomic E-state index is 13.0. The standard InChI is InChI=1S/C43H83N5O6/c1-5-9-13-16-17-22-29-37(28-21-15-11-7-3)42(52)53-34-24-19-18-23-32-46-40(50)38(31-33-47-43(44)45)48-39(49)30-25-35-54-41(51)36(26-12-8-4)27-20-14-10-6-2/h36-38H,5-35H2,1-4H3,(H,46,50)(H,48,49)(H4,44,45,47)/t36?,37?,38-/m0/s1. The number of ether oxygens (including phenoxy) is 2. The van der Waals surface area contributed by atoms with Crippen molar-refractivity contribution in [3.63, 3.8) is 0 Å². The number of nitrogens with two attached hydrogens (primary N) is 2. The van der Waals surface area contributed by atoms with Gasteiger partial charge in [-0.2, -0.15) is 0 Å². The van der Waals surface area contributed by atoms with Gasteiger partial charge in [0, 0.05) is 19.5 Å². The first-order valence-electron chi connectivity index (χ1n) is 22.2. The minimum Gasteiger partial charge on any atom is -0.465 e. The van der Waals surface area contributed by atoms with Crippen LogP contribution in [0.25, 0.3) is 0 Å². The van der Waals surface area contributed by atoms with Crippen LogP contribution in [0.2, 0.25) is 0 Å². The van der Waals surface area contributed by atoms with E-state index in [2.05, 4.69) is 43.3 Å². The Labute approximate surface area is 330 Å². The zero-order valence-electron chi connectivity index (χ0n) is 35.2. The van der Waals surface area contributed by atoms with Crippen molar-refractivity contribution in [2.24, 2.45) is 28.3 Å². The van der Waals surface area contributed by atoms with Crippen LogP contribution in [0.4, 0.5) is 0 Å². The number of guanidine groups is 1. The summed E-state index contributed by atoms with van der Waals surface area (Å²) >= 11 is 0. The molecule has 6 N–H and O–H groups in total. The van der Waals surface area contributed by atoms with E-state index >= 15 is 0 Å². The van der Waals surface area contributed by atoms with E-state index in [0.717, 1.165) is 96.3 Å². The van der Waals surface area contributed by atoms with Crippen LogP contribution in [0.5, 0.6) is 0 Å². The molecular weight excluding hydrogens is 683 g/mol. The van der Waals surface area contributed by atoms with E-state index in [9.17, 15) is 19.2 Å². The molecule has 0 saturated carbocycles. The summed E-state index contributed by atoms with van der Waals surface area (Å²) in [5, 5.41) is 5.74. The number of hydrogen-bond acceptors (Lipinski definition) is 7. The molecular formula is C43H83N5O6. The number of carbonyl (C=O) groups excluding carboxylic acids is 4. The normalized spacial score (nSPS) is 12.7. The molecule has 316 valence electrons. The Morgan fingerprint density at radius 1 is 0.537 bits per heavy atom. The van der Waals surface area contributed by atoms with Gasteiger partial charge in [0.15, 0.2) is 5.96 Å². The summed E-state index contributed by atoms with van der Waals surface area (Å²) in [6.45, 7) is 10.0. The van der Waals surface area contributed by atoms with Crippen molar-refractivity contribution >= 4 is 29.7 Å². The summed E-state index contributed by atoms with van der Waals surface area (Å²) in [5.74, 6) is -0.925. The van der Waals surface area contributed by atoms with Crippen molar-refractivity contribution in [1.82, 2.24) is 10.6 Å². The third-order valence-electron chi connectivity index (χ3n) is 10.1. The molecule has 3 atom stereocenters. The molecule has 0 spiro atoms. The Bertz CT molecular complexity index is 974. The summed E-state index contributed by atoms with van der Waals surface area (Å²) in [7, 11) is 0. The quantitative estimate of drug-likeness (QED) is 0.0209. The highest BCUT2D eigenvalue weighted by Crippen LogP contribution is 2.21. The molecule has 0 heterocycles. The summed E-state index contributed by atoms with van der Waals surface area (Å²) in [6.07, 6.45) is 26.2. The van der Waals surface area contributed by atoms with Gasteiger partial charge in [0.25, 0.3) is 0 Å². The molecule has 2 amide bonds. The van der Waals surface area contributed by atoms with Gasteiger partial charge in [0.05, 0.1) is 25.0 Å². The highest BCUT2D eigenvalue weighted by Gasteiger charge is 2.22. The SMILES string of the molecule is CCCCCCCCC(CCCCCC)C(=O)OCCCCCCNC(=O)[C@H](CCN=C(N)N)NC(=O)CCCOC(=O)C(CCCC)CCCCCC. The summed E-state index contributed by atoms with van der Waals surface area (Å²) in [6, 6.07) is -0.782. The van der Waals surface area contributed by atoms with Crippen LogP contribution >= 0.6 is 0 Å². The van der Waals surface area contributed by atoms with Gasteiger partial charge in [-0.1, -0.05) is 137 Å². The van der Waals surface area contributed by atoms with Crippen LogP contribution in [-0.2, 0) is 28.7 Å². The Morgan fingerprint density at radius 3 is 1.52 bits per heavy atom. The van der Waals surface area contributed by atoms with Crippen LogP contribution < -0.4 is 22.1 Å². The van der Waals surface area contributed by atoms with Crippen molar-refractivity contribution in [2.45, 2.75) is 207 Å². The summed E-state index contributed by atoms with van der Waals surface area (Å²) < 4.78 is 11.3. The van der Waals surface area contributed by atoms with Crippen LogP contribution in [-0.4, -0.2) is 62.1 Å². The number of nitrogens with one attached hydrogen (secondary N) is 2. The molecule has 0 rings (SSSR count). The average Bonchev–Trinajstić information content (AvgIpc) is 3.15. The first kappa shape index (κ1) is 51.1. The number of amides is 2. The lowest BCUT2D eigenvalue weighted by atomic mass is 9.94. The Balaban J connectivity index is 4.59. The number of carbonyl (C=O) groups is 4. The fraction of sp³-hybridized carbons (Fsp3) is 0.884. The lowest BCUT2D eigenvalue weighted by molar-refractivity contribution is -0.150. The van der Waals surface area contributed by atoms with Gasteiger partial charge in [-0.15, -0.1) is 0 Å². The van der Waals surface area contributed by atoms with Crippen LogP contribution in [0.1, 0.15) is 201 Å². The Kier molecular flexibility index (Phi) is 35.1. The number of unbranched alkanes of at least 4 members (excludes halogenated alkanes) is 15. The predicted molar refractivity (Wildman–Crippen MR) is 222 cm³/mol. The Hall–Kier alpha value is -2.85. The van der Waals surface area contributed by atoms with Crippen molar-refractivity contribution in [2.75, 3.05) is 26.3 Å². The Morgan fingerprint density at radius 2 is 0.981 bits per heavy atom. The van der Waals surface area contributed by atoms with E-state index in [1.54, 1.807) is 0 Å². The first-order chi connectivity index (χ1) is 26.2. The molecule has 0 aliphatic carbocycles. The number of nitrogens with zero attached hydrogens (tertiary/aromatic N) is 1. The maximum atomic E-state index is 13.0. The summed E-state index contributed by atoms with van der Waals surface area (Å²) in [4.78, 5) is 55.4. The number of rotatable bonds is 38. The van der Waals surface area contributed by atoms with Gasteiger partial charge < -0.3 is 31.6 Å². The average molecular weight is 766 g/mol. The molecule has 0 saturated heterocycles. The predicted octanol–water partition coefficient (Wildman–Crippen LogP) is 8.79. The number of hydrogen-bond donors (Lipinski definition) is 4. The smallest absolute Gasteiger partial charge is 0.308 e. The van der Waals surface area contributed by atoms with Crippen molar-refractivity contribution in [3.05, 3.63) is 0 Å². The third kappa shape index (κ3) is 30.5. The van der Waals surface area contributed by atoms with Crippen molar-refractivity contribution < 1.29 is 28.7 Å². The second-order valence-electron chi connectivity index (χ2n) is 15.2. The van der Waals surface area contributed by atoms with Gasteiger partial charge in [-0.05, 0) is 57.8 Å². The van der Waals surface area contributed by atoms with Crippen LogP contribution in [0.15, 0.2) is 4.99 Å². The van der Waals surface area contributed by atoms with Crippen LogP contribution in [0, 0.1) is 11.8 Å². The van der Waals surface area contributed by atoms with Gasteiger partial charge in [-0.25, -0.2) is 0 Å². The molecule has 0 aromatic heterocycles. The fourth-order valence-electron chi connectivity index (χ4n) is 6.60. The summed E-state index contributed by atoms with van der Waals surface area (Å²) in [5.41, 5.74) is 10.9. The fourth-order valence-corrected chi connectivity index (χ4v) is 6.60. The molecule has 0 aliphatic heterocycles. The van der Waals surface area contributed by atoms with Gasteiger partial charge in [-0.3, -0.25) is 24.2 Å². The minimum atomic E-state index is -0.782. The zero-order chi connectivity index (χ0) is 40.1. The molecule has 0 fully saturated rings. The molecule has 0 aliphatic rings. The molecule has 0 radical (unpaired) electrons. The van der Waals surface area contributed by atoms with Crippen LogP contribution in [0.3, 0.4) is 0 Å². The highest BCUT2D eigenvalue weighted by atomic mass is 16.5. The number of aliphatic imine (C=N–C) groups is 1. The third-order valence-corrected chi connectivity index (χ3v) is 10.1. The van der Waals surface area contributed by atoms with Gasteiger partial charge >= 0.3 is 11.9 Å². The molecule has 0 aromatic carbocycles. The van der Waals surface area contributed by atoms with E-state index in [4.69, 9.17) is 20.9 Å². The van der Waals surface area contributed by atoms with Gasteiger partial charge in [0.1, 0.15) is 6.04 Å². The largest absolute Gasteiger partial charge is 0.465 e. The van der Waals surface area contributed by atoms with E-state index in [1.165, 1.54) is 57.8 Å². The molecule has 2 unspecified atom stereocenters. The second-order valence-corrected chi connectivity index (χ2v) is 15.2. The molecule has 54 heavy (non-hydrogen) atoms. The first-order valence-corrected chi connectivity index (χ1v) is 22.2. The molecule has 0 aromatic rings. The topological polar surface area (TPSA) is 175 Å². The second kappa shape index (κ2) is 37.1. The van der Waals surface area contributed by atoms with E-state index in [1.807, 2.05) is 0 Å². The van der Waals surface area contributed by atoms with Crippen molar-refractivity contribution in [1.29, 1.82) is 0 Å². The molecule has 11 nitrogen and oxygen atoms in total. The van der Waals surface area contributed by atoms with E-state index < -0.39 is 6.04 Å². The highest BCUT2D eigenvalue weighted by molar-refractivity contribution is 5.87. The van der Waals surface area contributed by atoms with E-state index in [-0.39, 0.29) is 67.5 Å². The van der Waals surface area contributed by atoms with Crippen molar-refractivity contribution in [3.8, 4) is 0 Å². The zero-order valence-corrected chi connectivity index (χ0v) is 35.2. The molecule has 11 heteroatoms. The molecule has 0 bridgehead atoms. The number of esters is 2. The minimum absolute atomic E-state index is 0.0131. The van der Waals surface area contributed by atoms with E-state index in [0.29, 0.717) is 19.6 Å².